The number of hydrogen-bond donors (Lipinski definition) is 7. The number of carbonyl (C=O) groups is 2. The zero-order chi connectivity index (χ0) is 14.7. The van der Waals surface area contributed by atoms with E-state index in [2.05, 4.69) is 0 Å². The Kier molecular flexibility index (Phi) is 12.0. The van der Waals surface area contributed by atoms with E-state index in [1.807, 2.05) is 0 Å². The van der Waals surface area contributed by atoms with E-state index in [0.29, 0.717) is 0 Å². The van der Waals surface area contributed by atoms with Crippen LogP contribution < -0.4 is 0 Å². The molecule has 108 valence electrons. The second-order valence-corrected chi connectivity index (χ2v) is 3.24. The maximum Gasteiger partial charge on any atom is 0.151 e. The van der Waals surface area contributed by atoms with E-state index < -0.39 is 43.7 Å². The summed E-state index contributed by atoms with van der Waals surface area (Å²) in [5, 5.41) is 59.4. The molecule has 0 aromatic heterocycles. The molecule has 5 atom stereocenters. The Balaban J connectivity index is 0. The summed E-state index contributed by atoms with van der Waals surface area (Å²) in [6, 6.07) is 0. The molecule has 0 aliphatic carbocycles. The molecule has 0 radical (unpaired) electrons. The van der Waals surface area contributed by atoms with Crippen LogP contribution in [0.4, 0.5) is 0 Å². The second-order valence-electron chi connectivity index (χ2n) is 3.24. The fraction of sp³-hybridized carbons (Fsp3) is 0.778. The molecule has 0 saturated heterocycles. The lowest BCUT2D eigenvalue weighted by molar-refractivity contribution is -0.136. The number of hydrogen-bond acceptors (Lipinski definition) is 9. The predicted octanol–water partition coefficient (Wildman–Crippen LogP) is -4.84. The number of carbonyl (C=O) groups excluding carboxylic acids is 2. The van der Waals surface area contributed by atoms with E-state index >= 15 is 0 Å². The Bertz CT molecular complexity index is 222. The van der Waals surface area contributed by atoms with Crippen molar-refractivity contribution in [3.8, 4) is 0 Å². The van der Waals surface area contributed by atoms with Crippen LogP contribution >= 0.6 is 0 Å². The fourth-order valence-corrected chi connectivity index (χ4v) is 0.661. The Morgan fingerprint density at radius 2 is 1.28 bits per heavy atom. The van der Waals surface area contributed by atoms with Crippen LogP contribution in [-0.2, 0) is 9.59 Å². The van der Waals surface area contributed by atoms with Gasteiger partial charge in [-0.25, -0.2) is 0 Å². The maximum absolute atomic E-state index is 9.90. The Morgan fingerprint density at radius 3 is 1.50 bits per heavy atom. The van der Waals surface area contributed by atoms with Gasteiger partial charge < -0.3 is 45.3 Å². The van der Waals surface area contributed by atoms with Crippen LogP contribution in [0.25, 0.3) is 0 Å². The van der Waals surface area contributed by atoms with E-state index in [1.54, 1.807) is 0 Å². The predicted molar refractivity (Wildman–Crippen MR) is 56.3 cm³/mol. The van der Waals surface area contributed by atoms with E-state index in [9.17, 15) is 9.59 Å². The molecule has 0 rings (SSSR count). The minimum Gasteiger partial charge on any atom is -0.394 e. The van der Waals surface area contributed by atoms with Gasteiger partial charge in [0.15, 0.2) is 12.6 Å². The summed E-state index contributed by atoms with van der Waals surface area (Å²) in [7, 11) is 0. The SMILES string of the molecule is O=CC(O)C(O)C(O)C(O)CO.O=CC(O)CO. The lowest BCUT2D eigenvalue weighted by Crippen LogP contribution is -2.46. The summed E-state index contributed by atoms with van der Waals surface area (Å²) in [6.45, 7) is -1.24. The molecule has 0 aliphatic rings. The maximum atomic E-state index is 9.90. The molecule has 0 aromatic carbocycles. The van der Waals surface area contributed by atoms with Crippen LogP contribution in [-0.4, -0.2) is 92.1 Å². The van der Waals surface area contributed by atoms with Crippen LogP contribution in [0.2, 0.25) is 0 Å². The van der Waals surface area contributed by atoms with Crippen LogP contribution in [0, 0.1) is 0 Å². The monoisotopic (exact) mass is 270 g/mol. The average molecular weight is 270 g/mol. The topological polar surface area (TPSA) is 176 Å². The van der Waals surface area contributed by atoms with Crippen molar-refractivity contribution in [2.75, 3.05) is 13.2 Å². The van der Waals surface area contributed by atoms with E-state index in [-0.39, 0.29) is 12.6 Å². The van der Waals surface area contributed by atoms with Gasteiger partial charge in [0.05, 0.1) is 13.2 Å². The highest BCUT2D eigenvalue weighted by atomic mass is 16.4. The van der Waals surface area contributed by atoms with E-state index in [4.69, 9.17) is 35.7 Å². The highest BCUT2D eigenvalue weighted by Gasteiger charge is 2.29. The summed E-state index contributed by atoms with van der Waals surface area (Å²) in [6.07, 6.45) is -7.75. The third-order valence-electron chi connectivity index (χ3n) is 1.76. The fourth-order valence-electron chi connectivity index (χ4n) is 0.661. The second kappa shape index (κ2) is 11.2. The van der Waals surface area contributed by atoms with Crippen LogP contribution in [0.5, 0.6) is 0 Å². The summed E-state index contributed by atoms with van der Waals surface area (Å²) in [5.74, 6) is 0. The highest BCUT2D eigenvalue weighted by molar-refractivity contribution is 5.56. The molecule has 0 aromatic rings. The zero-order valence-corrected chi connectivity index (χ0v) is 9.40. The molecule has 5 unspecified atom stereocenters. The van der Waals surface area contributed by atoms with Crippen molar-refractivity contribution < 1.29 is 45.3 Å². The van der Waals surface area contributed by atoms with Gasteiger partial charge in [-0.1, -0.05) is 0 Å². The van der Waals surface area contributed by atoms with Gasteiger partial charge in [0.25, 0.3) is 0 Å². The molecular weight excluding hydrogens is 252 g/mol. The summed E-state index contributed by atoms with van der Waals surface area (Å²) in [4.78, 5) is 19.2. The minimum atomic E-state index is -1.79. The molecule has 0 fully saturated rings. The van der Waals surface area contributed by atoms with Crippen molar-refractivity contribution >= 4 is 12.6 Å². The van der Waals surface area contributed by atoms with Gasteiger partial charge in [0.1, 0.15) is 30.5 Å². The van der Waals surface area contributed by atoms with Crippen molar-refractivity contribution in [3.63, 3.8) is 0 Å². The van der Waals surface area contributed by atoms with Crippen molar-refractivity contribution in [1.82, 2.24) is 0 Å². The first-order chi connectivity index (χ1) is 8.35. The summed E-state index contributed by atoms with van der Waals surface area (Å²) < 4.78 is 0. The van der Waals surface area contributed by atoms with Crippen molar-refractivity contribution in [3.05, 3.63) is 0 Å². The van der Waals surface area contributed by atoms with Gasteiger partial charge in [0, 0.05) is 0 Å². The highest BCUT2D eigenvalue weighted by Crippen LogP contribution is 2.02. The Labute approximate surface area is 103 Å². The van der Waals surface area contributed by atoms with Crippen molar-refractivity contribution in [2.45, 2.75) is 30.5 Å². The third-order valence-corrected chi connectivity index (χ3v) is 1.76. The molecule has 0 bridgehead atoms. The molecule has 0 heterocycles. The minimum absolute atomic E-state index is 0.0258. The van der Waals surface area contributed by atoms with Crippen molar-refractivity contribution in [2.24, 2.45) is 0 Å². The van der Waals surface area contributed by atoms with E-state index in [1.165, 1.54) is 0 Å². The smallest absolute Gasteiger partial charge is 0.151 e. The molecule has 0 saturated carbocycles. The first kappa shape index (κ1) is 19.4. The quantitative estimate of drug-likeness (QED) is 0.224. The number of aliphatic hydroxyl groups excluding tert-OH is 7. The lowest BCUT2D eigenvalue weighted by Gasteiger charge is -2.22. The van der Waals surface area contributed by atoms with Crippen LogP contribution in [0.3, 0.4) is 0 Å². The molecular formula is C9H18O9. The Hall–Kier alpha value is -0.940. The van der Waals surface area contributed by atoms with Gasteiger partial charge in [-0.2, -0.15) is 0 Å². The molecule has 18 heavy (non-hydrogen) atoms. The van der Waals surface area contributed by atoms with E-state index in [0.717, 1.165) is 0 Å². The number of aldehydes is 2. The molecule has 9 heteroatoms. The first-order valence-corrected chi connectivity index (χ1v) is 4.88. The van der Waals surface area contributed by atoms with Gasteiger partial charge in [0.2, 0.25) is 0 Å². The van der Waals surface area contributed by atoms with Gasteiger partial charge in [-0.15, -0.1) is 0 Å². The van der Waals surface area contributed by atoms with Gasteiger partial charge in [-0.3, -0.25) is 0 Å². The molecule has 9 nitrogen and oxygen atoms in total. The van der Waals surface area contributed by atoms with Crippen LogP contribution in [0.15, 0.2) is 0 Å². The molecule has 0 spiro atoms. The number of aliphatic hydroxyl groups is 7. The molecule has 0 aliphatic heterocycles. The molecule has 0 amide bonds. The van der Waals surface area contributed by atoms with Gasteiger partial charge >= 0.3 is 0 Å². The first-order valence-electron chi connectivity index (χ1n) is 4.88. The third kappa shape index (κ3) is 8.20. The summed E-state index contributed by atoms with van der Waals surface area (Å²) in [5.41, 5.74) is 0. The number of rotatable bonds is 7. The standard InChI is InChI=1S/C6H12O6.C3H6O3/c7-1-3(9)5(11)6(12)4(10)2-8;4-1-3(6)2-5/h1,3-6,8-12H,2H2;1,3,5-6H,2H2. The van der Waals surface area contributed by atoms with Crippen LogP contribution in [0.1, 0.15) is 0 Å². The normalized spacial score (nSPS) is 18.6. The zero-order valence-electron chi connectivity index (χ0n) is 9.40. The summed E-state index contributed by atoms with van der Waals surface area (Å²) >= 11 is 0. The molecule has 7 N–H and O–H groups in total. The van der Waals surface area contributed by atoms with Crippen molar-refractivity contribution in [1.29, 1.82) is 0 Å². The lowest BCUT2D eigenvalue weighted by atomic mass is 10.0. The van der Waals surface area contributed by atoms with Gasteiger partial charge in [-0.05, 0) is 0 Å². The average Bonchev–Trinajstić information content (AvgIpc) is 2.43. The largest absolute Gasteiger partial charge is 0.394 e. The Morgan fingerprint density at radius 1 is 0.778 bits per heavy atom.